The Labute approximate surface area is 78.7 Å². The summed E-state index contributed by atoms with van der Waals surface area (Å²) in [4.78, 5) is 0. The van der Waals surface area contributed by atoms with Gasteiger partial charge in [0.05, 0.1) is 5.69 Å². The quantitative estimate of drug-likeness (QED) is 0.730. The number of benzene rings is 1. The number of nitrogen functional groups attached to an aromatic ring is 1. The van der Waals surface area contributed by atoms with Crippen LogP contribution < -0.4 is 10.5 Å². The van der Waals surface area contributed by atoms with Crippen LogP contribution in [0, 0.1) is 5.82 Å². The summed E-state index contributed by atoms with van der Waals surface area (Å²) in [7, 11) is -1.15. The van der Waals surface area contributed by atoms with Crippen molar-refractivity contribution in [1.82, 2.24) is 0 Å². The third kappa shape index (κ3) is 2.69. The van der Waals surface area contributed by atoms with Crippen molar-refractivity contribution in [1.29, 1.82) is 0 Å². The summed E-state index contributed by atoms with van der Waals surface area (Å²) in [6, 6.07) is 4.25. The number of hydrogen-bond donors (Lipinski definition) is 2. The largest absolute Gasteiger partial charge is 0.396 e. The molecule has 72 valence electrons. The Bertz CT molecular complexity index is 330. The maximum Gasteiger partial charge on any atom is 0.148 e. The van der Waals surface area contributed by atoms with E-state index in [0.717, 1.165) is 0 Å². The second-order valence-electron chi connectivity index (χ2n) is 2.47. The Hall–Kier alpha value is -1.10. The molecular weight excluding hydrogens is 191 g/mol. The predicted octanol–water partition coefficient (Wildman–Crippen LogP) is 1.50. The van der Waals surface area contributed by atoms with Crippen LogP contribution in [0.5, 0.6) is 0 Å². The molecule has 0 aliphatic heterocycles. The van der Waals surface area contributed by atoms with Crippen molar-refractivity contribution in [3.8, 4) is 0 Å². The van der Waals surface area contributed by atoms with E-state index in [-0.39, 0.29) is 5.69 Å². The summed E-state index contributed by atoms with van der Waals surface area (Å²) in [6.07, 6.45) is 0. The van der Waals surface area contributed by atoms with E-state index in [2.05, 4.69) is 4.72 Å². The second-order valence-corrected chi connectivity index (χ2v) is 3.95. The fourth-order valence-corrected chi connectivity index (χ4v) is 1.33. The first kappa shape index (κ1) is 9.98. The fraction of sp³-hybridized carbons (Fsp3) is 0.250. The highest BCUT2D eigenvalue weighted by Gasteiger charge is 2.01. The molecule has 0 amide bonds. The zero-order valence-corrected chi connectivity index (χ0v) is 8.03. The van der Waals surface area contributed by atoms with Gasteiger partial charge in [-0.1, -0.05) is 6.92 Å². The summed E-state index contributed by atoms with van der Waals surface area (Å²) in [6.45, 7) is 1.77. The summed E-state index contributed by atoms with van der Waals surface area (Å²) in [5.41, 5.74) is 5.84. The van der Waals surface area contributed by atoms with Gasteiger partial charge in [0.2, 0.25) is 0 Å². The smallest absolute Gasteiger partial charge is 0.148 e. The molecule has 3 N–H and O–H groups in total. The van der Waals surface area contributed by atoms with Crippen molar-refractivity contribution < 1.29 is 8.60 Å². The topological polar surface area (TPSA) is 55.1 Å². The van der Waals surface area contributed by atoms with Crippen LogP contribution in [0.1, 0.15) is 6.92 Å². The molecule has 0 saturated heterocycles. The Morgan fingerprint density at radius 1 is 1.62 bits per heavy atom. The molecule has 0 saturated carbocycles. The maximum absolute atomic E-state index is 12.9. The lowest BCUT2D eigenvalue weighted by Crippen LogP contribution is -2.06. The van der Waals surface area contributed by atoms with E-state index in [4.69, 9.17) is 5.73 Å². The molecule has 1 rings (SSSR count). The molecule has 0 heterocycles. The summed E-state index contributed by atoms with van der Waals surface area (Å²) >= 11 is 0. The third-order valence-electron chi connectivity index (χ3n) is 1.49. The first-order valence-electron chi connectivity index (χ1n) is 3.83. The lowest BCUT2D eigenvalue weighted by atomic mass is 10.3. The Morgan fingerprint density at radius 3 is 2.85 bits per heavy atom. The molecular formula is C8H11FN2OS. The van der Waals surface area contributed by atoms with Crippen LogP contribution in [-0.4, -0.2) is 9.96 Å². The van der Waals surface area contributed by atoms with E-state index < -0.39 is 16.8 Å². The van der Waals surface area contributed by atoms with E-state index in [9.17, 15) is 8.60 Å². The Kier molecular flexibility index (Phi) is 3.25. The van der Waals surface area contributed by atoms with Crippen molar-refractivity contribution in [3.63, 3.8) is 0 Å². The van der Waals surface area contributed by atoms with Gasteiger partial charge in [-0.05, 0) is 12.1 Å². The van der Waals surface area contributed by atoms with Crippen LogP contribution in [0.25, 0.3) is 0 Å². The van der Waals surface area contributed by atoms with Gasteiger partial charge in [-0.3, -0.25) is 0 Å². The first-order valence-corrected chi connectivity index (χ1v) is 5.15. The number of nitrogens with two attached hydrogens (primary N) is 1. The zero-order valence-electron chi connectivity index (χ0n) is 7.21. The molecule has 0 radical (unpaired) electrons. The molecule has 0 spiro atoms. The lowest BCUT2D eigenvalue weighted by molar-refractivity contribution is 0.633. The monoisotopic (exact) mass is 202 g/mol. The molecule has 13 heavy (non-hydrogen) atoms. The number of anilines is 2. The first-order chi connectivity index (χ1) is 6.13. The summed E-state index contributed by atoms with van der Waals surface area (Å²) in [5, 5.41) is 0. The number of nitrogens with one attached hydrogen (secondary N) is 1. The number of halogens is 1. The second kappa shape index (κ2) is 4.23. The van der Waals surface area contributed by atoms with Gasteiger partial charge in [0.25, 0.3) is 0 Å². The van der Waals surface area contributed by atoms with E-state index in [0.29, 0.717) is 11.4 Å². The molecule has 1 aromatic rings. The van der Waals surface area contributed by atoms with Gasteiger partial charge in [-0.2, -0.15) is 0 Å². The minimum Gasteiger partial charge on any atom is -0.396 e. The maximum atomic E-state index is 12.9. The van der Waals surface area contributed by atoms with Crippen LogP contribution in [0.15, 0.2) is 18.2 Å². The highest BCUT2D eigenvalue weighted by atomic mass is 32.2. The fourth-order valence-electron chi connectivity index (χ4n) is 0.794. The average molecular weight is 202 g/mol. The van der Waals surface area contributed by atoms with Crippen LogP contribution in [0.2, 0.25) is 0 Å². The minimum atomic E-state index is -1.15. The third-order valence-corrected chi connectivity index (χ3v) is 2.48. The molecule has 1 atom stereocenters. The summed E-state index contributed by atoms with van der Waals surface area (Å²) in [5.74, 6) is -0.0236. The molecule has 1 aromatic carbocycles. The average Bonchev–Trinajstić information content (AvgIpc) is 2.11. The molecule has 1 unspecified atom stereocenters. The van der Waals surface area contributed by atoms with Crippen molar-refractivity contribution in [2.75, 3.05) is 16.2 Å². The van der Waals surface area contributed by atoms with Crippen LogP contribution in [-0.2, 0) is 11.0 Å². The molecule has 0 aliphatic rings. The van der Waals surface area contributed by atoms with Gasteiger partial charge in [0.1, 0.15) is 16.8 Å². The van der Waals surface area contributed by atoms with Gasteiger partial charge in [-0.25, -0.2) is 8.60 Å². The van der Waals surface area contributed by atoms with E-state index in [1.165, 1.54) is 12.1 Å². The van der Waals surface area contributed by atoms with Gasteiger partial charge in [-0.15, -0.1) is 0 Å². The molecule has 0 aliphatic carbocycles. The van der Waals surface area contributed by atoms with Crippen molar-refractivity contribution in [3.05, 3.63) is 24.0 Å². The normalized spacial score (nSPS) is 12.5. The van der Waals surface area contributed by atoms with E-state index in [1.54, 1.807) is 13.0 Å². The van der Waals surface area contributed by atoms with Crippen LogP contribution >= 0.6 is 0 Å². The number of hydrogen-bond acceptors (Lipinski definition) is 2. The highest BCUT2D eigenvalue weighted by Crippen LogP contribution is 2.16. The van der Waals surface area contributed by atoms with E-state index >= 15 is 0 Å². The minimum absolute atomic E-state index is 0.0906. The highest BCUT2D eigenvalue weighted by molar-refractivity contribution is 7.86. The summed E-state index contributed by atoms with van der Waals surface area (Å²) < 4.78 is 26.5. The zero-order chi connectivity index (χ0) is 9.84. The predicted molar refractivity (Wildman–Crippen MR) is 53.1 cm³/mol. The van der Waals surface area contributed by atoms with Crippen molar-refractivity contribution in [2.24, 2.45) is 0 Å². The van der Waals surface area contributed by atoms with Crippen LogP contribution in [0.3, 0.4) is 0 Å². The van der Waals surface area contributed by atoms with E-state index in [1.807, 2.05) is 0 Å². The molecule has 0 aromatic heterocycles. The Balaban J connectivity index is 2.79. The molecule has 0 bridgehead atoms. The lowest BCUT2D eigenvalue weighted by Gasteiger charge is -2.04. The van der Waals surface area contributed by atoms with Gasteiger partial charge in [0, 0.05) is 17.5 Å². The standard InChI is InChI=1S/C8H11FN2OS/c1-2-13(12)11-6-3-4-8(10)7(9)5-6/h3-5,11H,2,10H2,1H3. The molecule has 5 heteroatoms. The SMILES string of the molecule is CCS(=O)Nc1ccc(N)c(F)c1. The van der Waals surface area contributed by atoms with Gasteiger partial charge >= 0.3 is 0 Å². The van der Waals surface area contributed by atoms with Gasteiger partial charge in [0.15, 0.2) is 0 Å². The van der Waals surface area contributed by atoms with Crippen molar-refractivity contribution in [2.45, 2.75) is 6.92 Å². The van der Waals surface area contributed by atoms with Crippen LogP contribution in [0.4, 0.5) is 15.8 Å². The molecule has 3 nitrogen and oxygen atoms in total. The molecule has 0 fully saturated rings. The number of rotatable bonds is 3. The van der Waals surface area contributed by atoms with Crippen molar-refractivity contribution >= 4 is 22.4 Å². The Morgan fingerprint density at radius 2 is 2.31 bits per heavy atom. The van der Waals surface area contributed by atoms with Gasteiger partial charge < -0.3 is 10.5 Å².